The molecule has 1 aliphatic rings. The van der Waals surface area contributed by atoms with E-state index in [2.05, 4.69) is 181 Å². The smallest absolute Gasteiger partial charge is 0.194 e. The van der Waals surface area contributed by atoms with Crippen molar-refractivity contribution in [1.29, 1.82) is 0 Å². The Balaban J connectivity index is 0.914. The number of rotatable bonds is 7. The van der Waals surface area contributed by atoms with Crippen molar-refractivity contribution >= 4 is 27.2 Å². The van der Waals surface area contributed by atoms with Crippen LogP contribution in [0.1, 0.15) is 0 Å². The third kappa shape index (κ3) is 6.35. The molecule has 4 heteroatoms. The van der Waals surface area contributed by atoms with Gasteiger partial charge in [-0.3, -0.25) is 0 Å². The topological polar surface area (TPSA) is 43.0 Å². The third-order valence-corrected chi connectivity index (χ3v) is 12.5. The molecular formula is C60H36N4. The van der Waals surface area contributed by atoms with Crippen molar-refractivity contribution in [2.24, 2.45) is 0 Å². The largest absolute Gasteiger partial charge is 0.238 e. The molecule has 0 spiro atoms. The highest BCUT2D eigenvalue weighted by Gasteiger charge is 2.24. The highest BCUT2D eigenvalue weighted by atomic mass is 15.0. The Labute approximate surface area is 371 Å². The van der Waals surface area contributed by atoms with Gasteiger partial charge in [-0.25, -0.2) is 19.8 Å². The van der Waals surface area contributed by atoms with Crippen LogP contribution in [0.15, 0.2) is 218 Å². The van der Waals surface area contributed by atoms with E-state index < -0.39 is 0 Å². The lowest BCUT2D eigenvalue weighted by Crippen LogP contribution is -2.01. The van der Waals surface area contributed by atoms with Crippen LogP contribution in [0.4, 0.5) is 5.69 Å². The van der Waals surface area contributed by atoms with Crippen molar-refractivity contribution in [2.45, 2.75) is 0 Å². The maximum Gasteiger partial charge on any atom is 0.194 e. The van der Waals surface area contributed by atoms with Gasteiger partial charge >= 0.3 is 0 Å². The molecule has 0 fully saturated rings. The maximum absolute atomic E-state index is 8.13. The van der Waals surface area contributed by atoms with Crippen molar-refractivity contribution in [3.63, 3.8) is 0 Å². The van der Waals surface area contributed by atoms with Crippen LogP contribution in [0, 0.1) is 6.57 Å². The number of hydrogen-bond donors (Lipinski definition) is 0. The molecule has 1 aromatic heterocycles. The number of aromatic nitrogens is 3. The highest BCUT2D eigenvalue weighted by Crippen LogP contribution is 2.51. The van der Waals surface area contributed by atoms with Crippen molar-refractivity contribution < 1.29 is 0 Å². The quantitative estimate of drug-likeness (QED) is 0.151. The summed E-state index contributed by atoms with van der Waals surface area (Å²) in [6, 6.07) is 76.3. The van der Waals surface area contributed by atoms with Gasteiger partial charge in [-0.05, 0) is 100 Å². The molecule has 0 unspecified atom stereocenters. The molecule has 10 aromatic carbocycles. The van der Waals surface area contributed by atoms with Gasteiger partial charge in [0.25, 0.3) is 0 Å². The fraction of sp³-hybridized carbons (Fsp3) is 0. The van der Waals surface area contributed by atoms with Gasteiger partial charge in [-0.1, -0.05) is 206 Å². The van der Waals surface area contributed by atoms with Crippen LogP contribution in [0.5, 0.6) is 0 Å². The van der Waals surface area contributed by atoms with Crippen molar-refractivity contribution in [2.75, 3.05) is 0 Å². The van der Waals surface area contributed by atoms with Crippen LogP contribution < -0.4 is 0 Å². The second-order valence-electron chi connectivity index (χ2n) is 16.2. The van der Waals surface area contributed by atoms with Gasteiger partial charge in [0.15, 0.2) is 23.2 Å². The Bertz CT molecular complexity index is 3680. The molecule has 0 bridgehead atoms. The summed E-state index contributed by atoms with van der Waals surface area (Å²) in [4.78, 5) is 19.2. The van der Waals surface area contributed by atoms with Crippen molar-refractivity contribution in [3.05, 3.63) is 230 Å². The second-order valence-corrected chi connectivity index (χ2v) is 16.2. The first kappa shape index (κ1) is 37.0. The van der Waals surface area contributed by atoms with Crippen molar-refractivity contribution in [1.82, 2.24) is 15.0 Å². The number of nitrogens with zero attached hydrogens (tertiary/aromatic N) is 4. The van der Waals surface area contributed by atoms with Gasteiger partial charge in [0, 0.05) is 16.7 Å². The predicted octanol–water partition coefficient (Wildman–Crippen LogP) is 16.0. The summed E-state index contributed by atoms with van der Waals surface area (Å²) in [7, 11) is 0. The molecule has 12 rings (SSSR count). The molecule has 296 valence electrons. The molecule has 0 saturated heterocycles. The van der Waals surface area contributed by atoms with E-state index in [0.717, 1.165) is 61.0 Å². The van der Waals surface area contributed by atoms with Crippen molar-refractivity contribution in [3.8, 4) is 101 Å². The first-order valence-corrected chi connectivity index (χ1v) is 21.5. The molecule has 4 nitrogen and oxygen atoms in total. The minimum absolute atomic E-state index is 0.604. The lowest BCUT2D eigenvalue weighted by Gasteiger charge is -2.14. The predicted molar refractivity (Wildman–Crippen MR) is 264 cm³/mol. The summed E-state index contributed by atoms with van der Waals surface area (Å²) in [6.45, 7) is 8.13. The van der Waals surface area contributed by atoms with Gasteiger partial charge in [-0.2, -0.15) is 0 Å². The van der Waals surface area contributed by atoms with Gasteiger partial charge in [0.2, 0.25) is 0 Å². The lowest BCUT2D eigenvalue weighted by molar-refractivity contribution is 1.07. The van der Waals surface area contributed by atoms with Gasteiger partial charge in [-0.15, -0.1) is 0 Å². The Morgan fingerprint density at radius 1 is 0.281 bits per heavy atom. The standard InChI is InChI=1S/C60H36N4/c1-61-55-34-32-45(37-54(55)40-28-26-39(27-29-40)49-33-31-41-17-12-24-51-50-21-8-9-22-52(50)57(49)56(41)51)44-18-11-19-46(35-44)48-20-7-10-23-53(48)60-63-58(42-14-3-2-4-15-42)62-59(64-60)47-30-25-38-13-5-6-16-43(38)36-47/h2-37H. The summed E-state index contributed by atoms with van der Waals surface area (Å²) < 4.78 is 0. The molecule has 0 radical (unpaired) electrons. The first-order chi connectivity index (χ1) is 31.7. The van der Waals surface area contributed by atoms with E-state index >= 15 is 0 Å². The SMILES string of the molecule is [C-]#[N+]c1ccc(-c2cccc(-c3ccccc3-c3nc(-c4ccccc4)nc(-c4ccc5ccccc5c4)n3)c2)cc1-c1ccc(-c2ccc3cccc4c3c2-c2ccccc2-4)cc1. The van der Waals surface area contributed by atoms with E-state index in [1.807, 2.05) is 42.5 Å². The molecule has 0 amide bonds. The Morgan fingerprint density at radius 3 is 1.64 bits per heavy atom. The molecule has 11 aromatic rings. The highest BCUT2D eigenvalue weighted by molar-refractivity contribution is 6.19. The van der Waals surface area contributed by atoms with Gasteiger partial charge in [0.05, 0.1) is 6.57 Å². The Kier molecular flexibility index (Phi) is 8.84. The number of benzene rings is 10. The third-order valence-electron chi connectivity index (χ3n) is 12.5. The maximum atomic E-state index is 8.13. The van der Waals surface area contributed by atoms with Crippen LogP contribution in [0.2, 0.25) is 0 Å². The second kappa shape index (κ2) is 15.3. The van der Waals surface area contributed by atoms with E-state index in [4.69, 9.17) is 21.5 Å². The molecule has 1 aliphatic carbocycles. The molecule has 64 heavy (non-hydrogen) atoms. The number of hydrogen-bond acceptors (Lipinski definition) is 3. The van der Waals surface area contributed by atoms with E-state index in [0.29, 0.717) is 23.2 Å². The average molecular weight is 813 g/mol. The van der Waals surface area contributed by atoms with Crippen LogP contribution in [0.25, 0.3) is 127 Å². The summed E-state index contributed by atoms with van der Waals surface area (Å²) in [6.07, 6.45) is 0. The summed E-state index contributed by atoms with van der Waals surface area (Å²) in [5.74, 6) is 1.84. The van der Waals surface area contributed by atoms with Crippen LogP contribution in [-0.4, -0.2) is 15.0 Å². The van der Waals surface area contributed by atoms with E-state index in [9.17, 15) is 0 Å². The summed E-state index contributed by atoms with van der Waals surface area (Å²) >= 11 is 0. The van der Waals surface area contributed by atoms with E-state index in [-0.39, 0.29) is 0 Å². The molecule has 0 aliphatic heterocycles. The van der Waals surface area contributed by atoms with Crippen LogP contribution in [0.3, 0.4) is 0 Å². The Hall–Kier alpha value is -8.78. The van der Waals surface area contributed by atoms with Gasteiger partial charge < -0.3 is 0 Å². The fourth-order valence-electron chi connectivity index (χ4n) is 9.40. The van der Waals surface area contributed by atoms with E-state index in [1.54, 1.807) is 0 Å². The average Bonchev–Trinajstić information content (AvgIpc) is 3.72. The fourth-order valence-corrected chi connectivity index (χ4v) is 9.40. The van der Waals surface area contributed by atoms with Crippen LogP contribution in [-0.2, 0) is 0 Å². The first-order valence-electron chi connectivity index (χ1n) is 21.5. The monoisotopic (exact) mass is 812 g/mol. The molecular weight excluding hydrogens is 777 g/mol. The summed E-state index contributed by atoms with van der Waals surface area (Å²) in [5, 5.41) is 4.86. The minimum Gasteiger partial charge on any atom is -0.238 e. The normalized spacial score (nSPS) is 11.4. The molecule has 0 N–H and O–H groups in total. The number of fused-ring (bicyclic) bond motifs is 4. The zero-order valence-electron chi connectivity index (χ0n) is 34.6. The van der Waals surface area contributed by atoms with Crippen LogP contribution >= 0.6 is 0 Å². The van der Waals surface area contributed by atoms with Gasteiger partial charge in [0.1, 0.15) is 0 Å². The molecule has 0 saturated carbocycles. The zero-order chi connectivity index (χ0) is 42.6. The Morgan fingerprint density at radius 2 is 0.828 bits per heavy atom. The summed E-state index contributed by atoms with van der Waals surface area (Å²) in [5.41, 5.74) is 16.9. The van der Waals surface area contributed by atoms with E-state index in [1.165, 1.54) is 44.0 Å². The zero-order valence-corrected chi connectivity index (χ0v) is 34.6. The molecule has 0 atom stereocenters. The molecule has 1 heterocycles. The lowest BCUT2D eigenvalue weighted by atomic mass is 9.91. The minimum atomic E-state index is 0.604.